The topological polar surface area (TPSA) is 76.4 Å². The SMILES string of the molecule is CN=C(NCC1(C2CC2)CC1)NC1CCc2nc(COC)nn2C1. The number of aryl methyl sites for hydroxylation is 1. The summed E-state index contributed by atoms with van der Waals surface area (Å²) in [5.41, 5.74) is 0.582. The number of guanidine groups is 1. The Bertz CT molecular complexity index is 617. The maximum atomic E-state index is 5.13. The Morgan fingerprint density at radius 2 is 2.21 bits per heavy atom. The molecule has 1 unspecified atom stereocenters. The zero-order valence-electron chi connectivity index (χ0n) is 14.7. The fourth-order valence-electron chi connectivity index (χ4n) is 3.90. The molecule has 4 rings (SSSR count). The molecule has 0 radical (unpaired) electrons. The molecule has 1 aromatic rings. The van der Waals surface area contributed by atoms with Crippen LogP contribution in [0.4, 0.5) is 0 Å². The van der Waals surface area contributed by atoms with Crippen molar-refractivity contribution in [1.82, 2.24) is 25.4 Å². The number of aromatic nitrogens is 3. The van der Waals surface area contributed by atoms with Crippen LogP contribution in [0.25, 0.3) is 0 Å². The molecular formula is C17H28N6O. The fourth-order valence-corrected chi connectivity index (χ4v) is 3.90. The van der Waals surface area contributed by atoms with Gasteiger partial charge in [-0.15, -0.1) is 0 Å². The van der Waals surface area contributed by atoms with E-state index in [0.29, 0.717) is 18.1 Å². The van der Waals surface area contributed by atoms with E-state index in [1.165, 1.54) is 25.7 Å². The molecule has 1 aliphatic heterocycles. The van der Waals surface area contributed by atoms with Gasteiger partial charge >= 0.3 is 0 Å². The monoisotopic (exact) mass is 332 g/mol. The third-order valence-electron chi connectivity index (χ3n) is 5.68. The Kier molecular flexibility index (Phi) is 4.20. The largest absolute Gasteiger partial charge is 0.377 e. The first-order chi connectivity index (χ1) is 11.7. The van der Waals surface area contributed by atoms with Gasteiger partial charge in [0.15, 0.2) is 11.8 Å². The minimum Gasteiger partial charge on any atom is -0.377 e. The predicted octanol–water partition coefficient (Wildman–Crippen LogP) is 1.09. The van der Waals surface area contributed by atoms with Gasteiger partial charge in [-0.3, -0.25) is 4.99 Å². The van der Waals surface area contributed by atoms with E-state index in [1.807, 2.05) is 11.7 Å². The van der Waals surface area contributed by atoms with Gasteiger partial charge in [0.25, 0.3) is 0 Å². The highest BCUT2D eigenvalue weighted by Gasteiger charge is 2.53. The van der Waals surface area contributed by atoms with Crippen LogP contribution in [0.5, 0.6) is 0 Å². The van der Waals surface area contributed by atoms with Crippen LogP contribution in [0.2, 0.25) is 0 Å². The zero-order chi connectivity index (χ0) is 16.6. The lowest BCUT2D eigenvalue weighted by atomic mass is 10.0. The molecule has 24 heavy (non-hydrogen) atoms. The maximum Gasteiger partial charge on any atom is 0.191 e. The van der Waals surface area contributed by atoms with Crippen LogP contribution in [0.3, 0.4) is 0 Å². The van der Waals surface area contributed by atoms with Crippen molar-refractivity contribution >= 4 is 5.96 Å². The number of ether oxygens (including phenoxy) is 1. The fraction of sp³-hybridized carbons (Fsp3) is 0.824. The van der Waals surface area contributed by atoms with Gasteiger partial charge in [-0.05, 0) is 43.4 Å². The number of hydrogen-bond acceptors (Lipinski definition) is 4. The second-order valence-electron chi connectivity index (χ2n) is 7.50. The molecule has 7 nitrogen and oxygen atoms in total. The summed E-state index contributed by atoms with van der Waals surface area (Å²) in [6.07, 6.45) is 7.62. The van der Waals surface area contributed by atoms with Gasteiger partial charge in [0.2, 0.25) is 0 Å². The van der Waals surface area contributed by atoms with Crippen molar-refractivity contribution in [3.63, 3.8) is 0 Å². The molecule has 2 heterocycles. The van der Waals surface area contributed by atoms with Crippen LogP contribution >= 0.6 is 0 Å². The van der Waals surface area contributed by atoms with E-state index in [9.17, 15) is 0 Å². The quantitative estimate of drug-likeness (QED) is 0.602. The zero-order valence-corrected chi connectivity index (χ0v) is 14.7. The Morgan fingerprint density at radius 1 is 1.38 bits per heavy atom. The van der Waals surface area contributed by atoms with E-state index in [0.717, 1.165) is 49.5 Å². The van der Waals surface area contributed by atoms with E-state index >= 15 is 0 Å². The smallest absolute Gasteiger partial charge is 0.191 e. The number of rotatable bonds is 6. The maximum absolute atomic E-state index is 5.13. The first kappa shape index (κ1) is 15.9. The Balaban J connectivity index is 1.31. The molecule has 2 saturated carbocycles. The summed E-state index contributed by atoms with van der Waals surface area (Å²) < 4.78 is 7.13. The van der Waals surface area contributed by atoms with E-state index in [2.05, 4.69) is 25.7 Å². The molecule has 3 aliphatic rings. The van der Waals surface area contributed by atoms with Gasteiger partial charge in [0, 0.05) is 33.2 Å². The third kappa shape index (κ3) is 3.27. The van der Waals surface area contributed by atoms with Crippen molar-refractivity contribution in [2.24, 2.45) is 16.3 Å². The molecule has 2 N–H and O–H groups in total. The summed E-state index contributed by atoms with van der Waals surface area (Å²) in [6, 6.07) is 0.344. The van der Waals surface area contributed by atoms with Crippen LogP contribution in [-0.2, 0) is 24.3 Å². The van der Waals surface area contributed by atoms with Gasteiger partial charge in [0.1, 0.15) is 12.4 Å². The van der Waals surface area contributed by atoms with Crippen LogP contribution in [0.1, 0.15) is 43.8 Å². The van der Waals surface area contributed by atoms with Crippen LogP contribution < -0.4 is 10.6 Å². The van der Waals surface area contributed by atoms with Crippen molar-refractivity contribution in [2.45, 2.75) is 57.7 Å². The van der Waals surface area contributed by atoms with E-state index in [-0.39, 0.29) is 0 Å². The molecule has 2 aliphatic carbocycles. The van der Waals surface area contributed by atoms with Crippen molar-refractivity contribution < 1.29 is 4.74 Å². The number of aliphatic imine (C=N–C) groups is 1. The number of nitrogens with one attached hydrogen (secondary N) is 2. The normalized spacial score (nSPS) is 25.2. The van der Waals surface area contributed by atoms with Crippen LogP contribution in [0, 0.1) is 11.3 Å². The van der Waals surface area contributed by atoms with E-state index in [4.69, 9.17) is 4.74 Å². The molecule has 0 spiro atoms. The summed E-state index contributed by atoms with van der Waals surface area (Å²) >= 11 is 0. The summed E-state index contributed by atoms with van der Waals surface area (Å²) in [4.78, 5) is 8.94. The second-order valence-corrected chi connectivity index (χ2v) is 7.50. The first-order valence-electron chi connectivity index (χ1n) is 9.11. The van der Waals surface area contributed by atoms with Gasteiger partial charge in [0.05, 0.1) is 6.54 Å². The van der Waals surface area contributed by atoms with Crippen molar-refractivity contribution in [2.75, 3.05) is 20.7 Å². The minimum absolute atomic E-state index is 0.344. The molecule has 0 amide bonds. The first-order valence-corrected chi connectivity index (χ1v) is 9.11. The Hall–Kier alpha value is -1.63. The van der Waals surface area contributed by atoms with Crippen molar-refractivity contribution in [3.05, 3.63) is 11.6 Å². The Morgan fingerprint density at radius 3 is 2.88 bits per heavy atom. The predicted molar refractivity (Wildman–Crippen MR) is 91.7 cm³/mol. The molecule has 0 bridgehead atoms. The highest BCUT2D eigenvalue weighted by atomic mass is 16.5. The van der Waals surface area contributed by atoms with Gasteiger partial charge < -0.3 is 15.4 Å². The summed E-state index contributed by atoms with van der Waals surface area (Å²) in [5.74, 6) is 3.73. The molecule has 0 aromatic carbocycles. The lowest BCUT2D eigenvalue weighted by molar-refractivity contribution is 0.177. The number of methoxy groups -OCH3 is 1. The van der Waals surface area contributed by atoms with Gasteiger partial charge in [-0.25, -0.2) is 9.67 Å². The molecule has 1 aromatic heterocycles. The second kappa shape index (κ2) is 6.35. The molecular weight excluding hydrogens is 304 g/mol. The van der Waals surface area contributed by atoms with Crippen LogP contribution in [-0.4, -0.2) is 47.5 Å². The van der Waals surface area contributed by atoms with Gasteiger partial charge in [-0.2, -0.15) is 5.10 Å². The molecule has 0 saturated heterocycles. The molecule has 7 heteroatoms. The number of hydrogen-bond donors (Lipinski definition) is 2. The lowest BCUT2D eigenvalue weighted by Crippen LogP contribution is -2.48. The average Bonchev–Trinajstić information content (AvgIpc) is 3.48. The van der Waals surface area contributed by atoms with Gasteiger partial charge in [-0.1, -0.05) is 0 Å². The summed E-state index contributed by atoms with van der Waals surface area (Å²) in [7, 11) is 3.53. The van der Waals surface area contributed by atoms with E-state index < -0.39 is 0 Å². The summed E-state index contributed by atoms with van der Waals surface area (Å²) in [5, 5.41) is 11.7. The van der Waals surface area contributed by atoms with Crippen molar-refractivity contribution in [3.8, 4) is 0 Å². The lowest BCUT2D eigenvalue weighted by Gasteiger charge is -2.26. The standard InChI is InChI=1S/C17H28N6O/c1-18-16(19-11-17(7-8-17)12-3-4-12)20-13-5-6-15-21-14(10-24-2)22-23(15)9-13/h12-13H,3-11H2,1-2H3,(H2,18,19,20). The number of fused-ring (bicyclic) bond motifs is 1. The van der Waals surface area contributed by atoms with Crippen molar-refractivity contribution in [1.29, 1.82) is 0 Å². The minimum atomic E-state index is 0.344. The van der Waals surface area contributed by atoms with E-state index in [1.54, 1.807) is 7.11 Å². The molecule has 1 atom stereocenters. The summed E-state index contributed by atoms with van der Waals surface area (Å²) in [6.45, 7) is 2.38. The highest BCUT2D eigenvalue weighted by Crippen LogP contribution is 2.60. The third-order valence-corrected chi connectivity index (χ3v) is 5.68. The average molecular weight is 332 g/mol. The molecule has 132 valence electrons. The Labute approximate surface area is 143 Å². The highest BCUT2D eigenvalue weighted by molar-refractivity contribution is 5.80. The van der Waals surface area contributed by atoms with Crippen LogP contribution in [0.15, 0.2) is 4.99 Å². The number of nitrogens with zero attached hydrogens (tertiary/aromatic N) is 4. The molecule has 2 fully saturated rings.